The highest BCUT2D eigenvalue weighted by Crippen LogP contribution is 2.20. The summed E-state index contributed by atoms with van der Waals surface area (Å²) < 4.78 is 5.28. The van der Waals surface area contributed by atoms with Crippen LogP contribution in [0.15, 0.2) is 47.1 Å². The number of hydrogen-bond acceptors (Lipinski definition) is 5. The molecule has 0 spiro atoms. The van der Waals surface area contributed by atoms with Gasteiger partial charge in [-0.1, -0.05) is 18.2 Å². The second kappa shape index (κ2) is 7.17. The van der Waals surface area contributed by atoms with E-state index in [2.05, 4.69) is 20.6 Å². The summed E-state index contributed by atoms with van der Waals surface area (Å²) in [7, 11) is 0. The molecule has 0 saturated heterocycles. The maximum atomic E-state index is 12.6. The Balaban J connectivity index is 1.78. The molecular formula is C19H20N4O2. The molecule has 0 bridgehead atoms. The van der Waals surface area contributed by atoms with Crippen molar-refractivity contribution < 1.29 is 9.21 Å². The lowest BCUT2D eigenvalue weighted by Gasteiger charge is -2.12. The summed E-state index contributed by atoms with van der Waals surface area (Å²) in [5.41, 5.74) is 3.15. The van der Waals surface area contributed by atoms with E-state index in [4.69, 9.17) is 4.42 Å². The van der Waals surface area contributed by atoms with Crippen molar-refractivity contribution in [3.8, 4) is 0 Å². The number of carbonyl (C=O) groups is 1. The van der Waals surface area contributed by atoms with Gasteiger partial charge in [0.15, 0.2) is 0 Å². The third-order valence-electron chi connectivity index (χ3n) is 3.81. The van der Waals surface area contributed by atoms with E-state index in [1.54, 1.807) is 19.3 Å². The van der Waals surface area contributed by atoms with Gasteiger partial charge in [0, 0.05) is 11.8 Å². The Morgan fingerprint density at radius 2 is 1.84 bits per heavy atom. The Morgan fingerprint density at radius 3 is 2.52 bits per heavy atom. The van der Waals surface area contributed by atoms with Crippen molar-refractivity contribution in [3.05, 3.63) is 71.1 Å². The number of para-hydroxylation sites is 1. The van der Waals surface area contributed by atoms with Gasteiger partial charge < -0.3 is 15.1 Å². The summed E-state index contributed by atoms with van der Waals surface area (Å²) in [5, 5.41) is 6.09. The van der Waals surface area contributed by atoms with Gasteiger partial charge in [-0.25, -0.2) is 9.97 Å². The molecular weight excluding hydrogens is 316 g/mol. The molecule has 3 aromatic rings. The third kappa shape index (κ3) is 4.03. The highest BCUT2D eigenvalue weighted by Gasteiger charge is 2.13. The minimum atomic E-state index is -0.260. The number of carbonyl (C=O) groups excluding carboxylic acids is 1. The van der Waals surface area contributed by atoms with Crippen molar-refractivity contribution in [1.29, 1.82) is 0 Å². The fourth-order valence-corrected chi connectivity index (χ4v) is 2.55. The number of nitrogens with zero attached hydrogens (tertiary/aromatic N) is 2. The van der Waals surface area contributed by atoms with Crippen LogP contribution in [0.4, 0.5) is 11.5 Å². The number of aryl methyl sites for hydroxylation is 3. The van der Waals surface area contributed by atoms with Crippen molar-refractivity contribution in [3.63, 3.8) is 0 Å². The average Bonchev–Trinajstić information content (AvgIpc) is 3.09. The van der Waals surface area contributed by atoms with Crippen LogP contribution in [0.5, 0.6) is 0 Å². The van der Waals surface area contributed by atoms with Crippen molar-refractivity contribution in [1.82, 2.24) is 9.97 Å². The number of benzene rings is 1. The molecule has 0 aliphatic carbocycles. The fourth-order valence-electron chi connectivity index (χ4n) is 2.55. The van der Waals surface area contributed by atoms with Crippen LogP contribution in [0.1, 0.15) is 33.2 Å². The van der Waals surface area contributed by atoms with E-state index in [0.29, 0.717) is 23.9 Å². The number of anilines is 2. The second-order valence-corrected chi connectivity index (χ2v) is 5.84. The molecule has 25 heavy (non-hydrogen) atoms. The minimum absolute atomic E-state index is 0.260. The van der Waals surface area contributed by atoms with Crippen LogP contribution in [0.25, 0.3) is 0 Å². The van der Waals surface area contributed by atoms with E-state index in [9.17, 15) is 4.79 Å². The SMILES string of the molecule is Cc1nc(NCc2ccco2)cc(C(=O)Nc2c(C)cccc2C)n1. The second-order valence-electron chi connectivity index (χ2n) is 5.84. The van der Waals surface area contributed by atoms with Crippen LogP contribution in [0.3, 0.4) is 0 Å². The summed E-state index contributed by atoms with van der Waals surface area (Å²) in [4.78, 5) is 21.2. The Hall–Kier alpha value is -3.15. The van der Waals surface area contributed by atoms with Gasteiger partial charge >= 0.3 is 0 Å². The van der Waals surface area contributed by atoms with E-state index >= 15 is 0 Å². The van der Waals surface area contributed by atoms with Crippen LogP contribution < -0.4 is 10.6 Å². The zero-order valence-corrected chi connectivity index (χ0v) is 14.5. The highest BCUT2D eigenvalue weighted by atomic mass is 16.3. The topological polar surface area (TPSA) is 80.0 Å². The fraction of sp³-hybridized carbons (Fsp3) is 0.211. The molecule has 2 heterocycles. The van der Waals surface area contributed by atoms with Crippen LogP contribution in [0, 0.1) is 20.8 Å². The third-order valence-corrected chi connectivity index (χ3v) is 3.81. The number of aromatic nitrogens is 2. The zero-order valence-electron chi connectivity index (χ0n) is 14.5. The predicted octanol–water partition coefficient (Wildman–Crippen LogP) is 3.86. The van der Waals surface area contributed by atoms with E-state index < -0.39 is 0 Å². The van der Waals surface area contributed by atoms with E-state index in [1.165, 1.54) is 0 Å². The smallest absolute Gasteiger partial charge is 0.274 e. The first-order valence-corrected chi connectivity index (χ1v) is 8.02. The van der Waals surface area contributed by atoms with Crippen molar-refractivity contribution in [2.45, 2.75) is 27.3 Å². The molecule has 3 rings (SSSR count). The number of furan rings is 1. The first-order chi connectivity index (χ1) is 12.0. The molecule has 0 aliphatic heterocycles. The molecule has 0 fully saturated rings. The molecule has 0 saturated carbocycles. The van der Waals surface area contributed by atoms with E-state index in [-0.39, 0.29) is 5.91 Å². The summed E-state index contributed by atoms with van der Waals surface area (Å²) in [6.45, 7) is 6.17. The van der Waals surface area contributed by atoms with Gasteiger partial charge in [-0.2, -0.15) is 0 Å². The first-order valence-electron chi connectivity index (χ1n) is 8.02. The van der Waals surface area contributed by atoms with Gasteiger partial charge in [0.05, 0.1) is 12.8 Å². The number of amides is 1. The van der Waals surface area contributed by atoms with Gasteiger partial charge in [0.2, 0.25) is 0 Å². The van der Waals surface area contributed by atoms with Crippen LogP contribution >= 0.6 is 0 Å². The highest BCUT2D eigenvalue weighted by molar-refractivity contribution is 6.04. The molecule has 1 amide bonds. The number of hydrogen-bond donors (Lipinski definition) is 2. The van der Waals surface area contributed by atoms with E-state index in [0.717, 1.165) is 22.6 Å². The largest absolute Gasteiger partial charge is 0.467 e. The predicted molar refractivity (Wildman–Crippen MR) is 96.7 cm³/mol. The zero-order chi connectivity index (χ0) is 17.8. The average molecular weight is 336 g/mol. The summed E-state index contributed by atoms with van der Waals surface area (Å²) >= 11 is 0. The molecule has 6 heteroatoms. The quantitative estimate of drug-likeness (QED) is 0.739. The summed E-state index contributed by atoms with van der Waals surface area (Å²) in [6.07, 6.45) is 1.62. The molecule has 2 aromatic heterocycles. The van der Waals surface area contributed by atoms with Gasteiger partial charge in [-0.15, -0.1) is 0 Å². The lowest BCUT2D eigenvalue weighted by atomic mass is 10.1. The molecule has 2 N–H and O–H groups in total. The van der Waals surface area contributed by atoms with Crippen LogP contribution in [-0.2, 0) is 6.54 Å². The van der Waals surface area contributed by atoms with Crippen LogP contribution in [0.2, 0.25) is 0 Å². The number of nitrogens with one attached hydrogen (secondary N) is 2. The maximum absolute atomic E-state index is 12.6. The minimum Gasteiger partial charge on any atom is -0.467 e. The Kier molecular flexibility index (Phi) is 4.79. The van der Waals surface area contributed by atoms with Gasteiger partial charge in [0.25, 0.3) is 5.91 Å². The molecule has 0 atom stereocenters. The van der Waals surface area contributed by atoms with Gasteiger partial charge in [0.1, 0.15) is 23.1 Å². The van der Waals surface area contributed by atoms with Crippen molar-refractivity contribution in [2.75, 3.05) is 10.6 Å². The summed E-state index contributed by atoms with van der Waals surface area (Å²) in [5.74, 6) is 1.63. The van der Waals surface area contributed by atoms with Crippen LogP contribution in [-0.4, -0.2) is 15.9 Å². The molecule has 0 radical (unpaired) electrons. The normalized spacial score (nSPS) is 10.5. The number of rotatable bonds is 5. The summed E-state index contributed by atoms with van der Waals surface area (Å²) in [6, 6.07) is 11.2. The monoisotopic (exact) mass is 336 g/mol. The standard InChI is InChI=1S/C19H20N4O2/c1-12-6-4-7-13(2)18(12)23-19(24)16-10-17(22-14(3)21-16)20-11-15-8-5-9-25-15/h4-10H,11H2,1-3H3,(H,23,24)(H,20,21,22). The van der Waals surface area contributed by atoms with Crippen molar-refractivity contribution >= 4 is 17.4 Å². The molecule has 0 aliphatic rings. The molecule has 1 aromatic carbocycles. The van der Waals surface area contributed by atoms with E-state index in [1.807, 2.05) is 44.2 Å². The lowest BCUT2D eigenvalue weighted by Crippen LogP contribution is -2.17. The van der Waals surface area contributed by atoms with Crippen molar-refractivity contribution in [2.24, 2.45) is 0 Å². The maximum Gasteiger partial charge on any atom is 0.274 e. The molecule has 0 unspecified atom stereocenters. The Bertz CT molecular complexity index is 868. The van der Waals surface area contributed by atoms with Gasteiger partial charge in [-0.3, -0.25) is 4.79 Å². The Morgan fingerprint density at radius 1 is 1.08 bits per heavy atom. The first kappa shape index (κ1) is 16.7. The molecule has 128 valence electrons. The Labute approximate surface area is 146 Å². The molecule has 6 nitrogen and oxygen atoms in total. The lowest BCUT2D eigenvalue weighted by molar-refractivity contribution is 0.102. The van der Waals surface area contributed by atoms with Gasteiger partial charge in [-0.05, 0) is 44.0 Å².